The van der Waals surface area contributed by atoms with Crippen LogP contribution in [0, 0.1) is 0 Å². The van der Waals surface area contributed by atoms with E-state index in [0.717, 1.165) is 44.9 Å². The van der Waals surface area contributed by atoms with E-state index >= 15 is 0 Å². The second kappa shape index (κ2) is 48.2. The monoisotopic (exact) mass is 1090 g/mol. The lowest BCUT2D eigenvalue weighted by molar-refractivity contribution is -0.332. The van der Waals surface area contributed by atoms with Gasteiger partial charge < -0.3 is 64.2 Å². The first kappa shape index (κ1) is 70.6. The van der Waals surface area contributed by atoms with E-state index in [0.29, 0.717) is 19.3 Å². The van der Waals surface area contributed by atoms with Gasteiger partial charge in [-0.15, -0.1) is 0 Å². The van der Waals surface area contributed by atoms with Gasteiger partial charge in [-0.05, 0) is 51.4 Å². The first-order valence-corrected chi connectivity index (χ1v) is 30.7. The lowest BCUT2D eigenvalue weighted by Crippen LogP contribution is -2.61. The van der Waals surface area contributed by atoms with E-state index in [1.165, 1.54) is 148 Å². The first-order chi connectivity index (χ1) is 37.5. The maximum atomic E-state index is 13.1. The highest BCUT2D eigenvalue weighted by Gasteiger charge is 2.47. The second-order valence-electron chi connectivity index (χ2n) is 21.5. The number of hydrogen-bond donors (Lipinski definition) is 7. The summed E-state index contributed by atoms with van der Waals surface area (Å²) < 4.78 is 33.7. The zero-order valence-electron chi connectivity index (χ0n) is 47.9. The molecule has 0 aromatic rings. The van der Waals surface area contributed by atoms with Crippen molar-refractivity contribution in [1.29, 1.82) is 0 Å². The van der Waals surface area contributed by atoms with E-state index in [-0.39, 0.29) is 19.4 Å². The maximum absolute atomic E-state index is 13.1. The van der Waals surface area contributed by atoms with Crippen molar-refractivity contribution in [2.45, 2.75) is 306 Å². The van der Waals surface area contributed by atoms with Crippen LogP contribution in [0.3, 0.4) is 0 Å². The fourth-order valence-corrected chi connectivity index (χ4v) is 9.56. The van der Waals surface area contributed by atoms with Gasteiger partial charge in [0.1, 0.15) is 55.4 Å². The Bertz CT molecular complexity index is 1520. The number of carbonyl (C=O) groups excluding carboxylic acids is 2. The molecule has 2 saturated heterocycles. The molecule has 0 saturated carbocycles. The topological polar surface area (TPSA) is 231 Å². The highest BCUT2D eigenvalue weighted by atomic mass is 16.7. The van der Waals surface area contributed by atoms with Crippen molar-refractivity contribution in [2.24, 2.45) is 0 Å². The van der Waals surface area contributed by atoms with Crippen LogP contribution >= 0.6 is 0 Å². The van der Waals surface area contributed by atoms with Crippen molar-refractivity contribution < 1.29 is 73.8 Å². The Labute approximate surface area is 465 Å². The molecule has 0 aliphatic carbocycles. The van der Waals surface area contributed by atoms with E-state index in [1.807, 2.05) is 6.08 Å². The molecule has 2 aliphatic heterocycles. The highest BCUT2D eigenvalue weighted by Crippen LogP contribution is 2.27. The highest BCUT2D eigenvalue weighted by molar-refractivity contribution is 5.70. The number of rotatable bonds is 49. The molecule has 0 bridgehead atoms. The molecule has 448 valence electrons. The molecule has 7 N–H and O–H groups in total. The van der Waals surface area contributed by atoms with E-state index in [1.54, 1.807) is 0 Å². The van der Waals surface area contributed by atoms with Crippen LogP contribution in [-0.4, -0.2) is 142 Å². The summed E-state index contributed by atoms with van der Waals surface area (Å²) in [6.07, 6.45) is 40.0. The lowest BCUT2D eigenvalue weighted by atomic mass is 9.98. The Morgan fingerprint density at radius 2 is 0.792 bits per heavy atom. The van der Waals surface area contributed by atoms with Crippen molar-refractivity contribution in [1.82, 2.24) is 0 Å². The van der Waals surface area contributed by atoms with Gasteiger partial charge in [-0.1, -0.05) is 223 Å². The predicted octanol–water partition coefficient (Wildman–Crippen LogP) is 11.0. The van der Waals surface area contributed by atoms with E-state index in [4.69, 9.17) is 28.4 Å². The third-order valence-corrected chi connectivity index (χ3v) is 14.6. The fourth-order valence-electron chi connectivity index (χ4n) is 9.56. The summed E-state index contributed by atoms with van der Waals surface area (Å²) in [6, 6.07) is 0. The molecular formula is C62H110O15. The van der Waals surface area contributed by atoms with Crippen LogP contribution < -0.4 is 0 Å². The summed E-state index contributed by atoms with van der Waals surface area (Å²) in [5, 5.41) is 72.4. The zero-order valence-corrected chi connectivity index (χ0v) is 47.9. The van der Waals surface area contributed by atoms with Gasteiger partial charge in [-0.25, -0.2) is 0 Å². The molecule has 0 radical (unpaired) electrons. The van der Waals surface area contributed by atoms with Gasteiger partial charge in [0.25, 0.3) is 0 Å². The molecule has 4 unspecified atom stereocenters. The number of ether oxygens (including phenoxy) is 6. The predicted molar refractivity (Wildman–Crippen MR) is 303 cm³/mol. The van der Waals surface area contributed by atoms with E-state index < -0.39 is 99.3 Å². The van der Waals surface area contributed by atoms with Crippen molar-refractivity contribution in [3.8, 4) is 0 Å². The van der Waals surface area contributed by atoms with Crippen LogP contribution in [0.15, 0.2) is 48.6 Å². The minimum Gasteiger partial charge on any atom is -0.462 e. The first-order valence-electron chi connectivity index (χ1n) is 30.7. The van der Waals surface area contributed by atoms with Crippen molar-refractivity contribution >= 4 is 11.9 Å². The maximum Gasteiger partial charge on any atom is 0.306 e. The minimum atomic E-state index is -1.77. The number of aliphatic hydroxyl groups is 7. The minimum absolute atomic E-state index is 0.143. The molecule has 11 atom stereocenters. The van der Waals surface area contributed by atoms with Crippen LogP contribution in [0.25, 0.3) is 0 Å². The Kier molecular flexibility index (Phi) is 44.2. The molecular weight excluding hydrogens is 985 g/mol. The molecule has 0 aromatic heterocycles. The lowest BCUT2D eigenvalue weighted by Gasteiger charge is -2.42. The molecule has 0 amide bonds. The molecule has 2 fully saturated rings. The van der Waals surface area contributed by atoms with Gasteiger partial charge >= 0.3 is 11.9 Å². The van der Waals surface area contributed by atoms with Crippen molar-refractivity contribution in [3.05, 3.63) is 48.6 Å². The molecule has 2 aliphatic rings. The summed E-state index contributed by atoms with van der Waals surface area (Å²) in [6.45, 7) is 2.58. The number of hydrogen-bond acceptors (Lipinski definition) is 15. The average Bonchev–Trinajstić information content (AvgIpc) is 3.43. The van der Waals surface area contributed by atoms with Gasteiger partial charge in [0, 0.05) is 12.8 Å². The van der Waals surface area contributed by atoms with Crippen LogP contribution in [0.5, 0.6) is 0 Å². The number of aliphatic hydroxyl groups excluding tert-OH is 7. The number of allylic oxidation sites excluding steroid dienone is 8. The van der Waals surface area contributed by atoms with E-state index in [2.05, 4.69) is 56.4 Å². The second-order valence-corrected chi connectivity index (χ2v) is 21.5. The molecule has 15 heteroatoms. The van der Waals surface area contributed by atoms with Crippen LogP contribution in [-0.2, 0) is 38.0 Å². The average molecular weight is 1100 g/mol. The van der Waals surface area contributed by atoms with Gasteiger partial charge in [0.2, 0.25) is 0 Å². The van der Waals surface area contributed by atoms with E-state index in [9.17, 15) is 45.3 Å². The Morgan fingerprint density at radius 1 is 0.416 bits per heavy atom. The smallest absolute Gasteiger partial charge is 0.306 e. The standard InChI is InChI=1S/C62H110O15/c1-3-5-7-9-11-13-15-17-19-21-23-25-27-28-30-32-34-36-38-40-42-44-53(64)72-47-50(75-54(65)45-43-41-39-37-35-33-31-29-26-24-22-20-18-16-14-12-10-8-6-4-2)48-73-61-60(71)58(69)56(67)52(77-61)49-74-62-59(70)57(68)55(66)51(46-63)76-62/h19,21,25,27,30,32,36,38,50-52,55-63,66-71H,3-18,20,22-24,26,28-29,31,33-35,37,39-49H2,1-2H3/b21-19+,27-25+,32-30+,38-36+/t50-,51+,52+,55-,56-,57?,58?,59?,60?,61+,62+/m0/s1. The zero-order chi connectivity index (χ0) is 56.0. The summed E-state index contributed by atoms with van der Waals surface area (Å²) in [5.41, 5.74) is 0. The number of esters is 2. The van der Waals surface area contributed by atoms with Gasteiger partial charge in [0.05, 0.1) is 19.8 Å². The Balaban J connectivity index is 1.76. The Morgan fingerprint density at radius 3 is 1.26 bits per heavy atom. The van der Waals surface area contributed by atoms with Gasteiger partial charge in [-0.2, -0.15) is 0 Å². The quantitative estimate of drug-likeness (QED) is 0.0171. The van der Waals surface area contributed by atoms with Gasteiger partial charge in [0.15, 0.2) is 18.7 Å². The van der Waals surface area contributed by atoms with Gasteiger partial charge in [-0.3, -0.25) is 9.59 Å². The fraction of sp³-hybridized carbons (Fsp3) is 0.839. The van der Waals surface area contributed by atoms with Crippen LogP contribution in [0.4, 0.5) is 0 Å². The largest absolute Gasteiger partial charge is 0.462 e. The molecule has 15 nitrogen and oxygen atoms in total. The molecule has 2 heterocycles. The number of unbranched alkanes of at least 4 members (excludes halogenated alkanes) is 27. The van der Waals surface area contributed by atoms with Crippen LogP contribution in [0.1, 0.15) is 239 Å². The SMILES string of the molecule is CCCCCCCCC/C=C/C/C=C/C/C=C/C/C=C/CCCC(=O)OC[C@@H](CO[C@@H]1O[C@H](CO[C@@H]2O[C@H](CO)[C@H](O)C(O)C2O)[C@H](O)C(O)C1O)OC(=O)CCCCCCCCCCCCCCCCCCCCCC. The summed E-state index contributed by atoms with van der Waals surface area (Å²) in [5.74, 6) is -0.981. The number of carbonyl (C=O) groups is 2. The molecule has 0 spiro atoms. The summed E-state index contributed by atoms with van der Waals surface area (Å²) >= 11 is 0. The third-order valence-electron chi connectivity index (χ3n) is 14.6. The van der Waals surface area contributed by atoms with Crippen LogP contribution in [0.2, 0.25) is 0 Å². The summed E-state index contributed by atoms with van der Waals surface area (Å²) in [4.78, 5) is 25.9. The van der Waals surface area contributed by atoms with Crippen molar-refractivity contribution in [3.63, 3.8) is 0 Å². The van der Waals surface area contributed by atoms with Crippen molar-refractivity contribution in [2.75, 3.05) is 26.4 Å². The molecule has 0 aromatic carbocycles. The third kappa shape index (κ3) is 35.0. The molecule has 2 rings (SSSR count). The Hall–Kier alpha value is -2.54. The summed E-state index contributed by atoms with van der Waals surface area (Å²) in [7, 11) is 0. The normalized spacial score (nSPS) is 24.5. The molecule has 77 heavy (non-hydrogen) atoms.